The summed E-state index contributed by atoms with van der Waals surface area (Å²) in [5, 5.41) is 2.57. The number of halogens is 1. The lowest BCUT2D eigenvalue weighted by Crippen LogP contribution is -2.31. The molecule has 0 unspecified atom stereocenters. The van der Waals surface area contributed by atoms with Crippen molar-refractivity contribution < 1.29 is 18.0 Å². The Morgan fingerprint density at radius 3 is 2.76 bits per heavy atom. The largest absolute Gasteiger partial charge is 0.357 e. The Balaban J connectivity index is 2.66. The average Bonchev–Trinajstić information content (AvgIpc) is 2.28. The Labute approximate surface area is 104 Å². The van der Waals surface area contributed by atoms with Crippen molar-refractivity contribution in [2.24, 2.45) is 0 Å². The Hall–Kier alpha value is -1.15. The summed E-state index contributed by atoms with van der Waals surface area (Å²) in [4.78, 5) is 17.1. The van der Waals surface area contributed by atoms with Gasteiger partial charge in [-0.05, 0) is 18.2 Å². The Bertz CT molecular complexity index is 503. The molecular formula is C9H11ClN2O4S. The van der Waals surface area contributed by atoms with E-state index in [0.717, 1.165) is 0 Å². The van der Waals surface area contributed by atoms with Crippen molar-refractivity contribution in [1.29, 1.82) is 0 Å². The molecule has 0 heterocycles. The van der Waals surface area contributed by atoms with Crippen LogP contribution in [0.15, 0.2) is 29.2 Å². The maximum atomic E-state index is 11.6. The maximum absolute atomic E-state index is 11.6. The first-order chi connectivity index (χ1) is 7.95. The van der Waals surface area contributed by atoms with Gasteiger partial charge in [-0.1, -0.05) is 22.6 Å². The summed E-state index contributed by atoms with van der Waals surface area (Å²) in [7, 11) is -2.41. The van der Waals surface area contributed by atoms with Crippen molar-refractivity contribution in [2.45, 2.75) is 4.90 Å². The van der Waals surface area contributed by atoms with E-state index in [0.29, 0.717) is 5.02 Å². The monoisotopic (exact) mass is 278 g/mol. The van der Waals surface area contributed by atoms with Crippen molar-refractivity contribution in [1.82, 2.24) is 10.2 Å². The number of carbonyl (C=O) groups is 1. The molecule has 2 N–H and O–H groups in total. The van der Waals surface area contributed by atoms with Gasteiger partial charge in [0.05, 0.1) is 4.90 Å². The summed E-state index contributed by atoms with van der Waals surface area (Å²) < 4.78 is 23.3. The fourth-order valence-corrected chi connectivity index (χ4v) is 2.03. The highest BCUT2D eigenvalue weighted by atomic mass is 35.5. The van der Waals surface area contributed by atoms with Crippen molar-refractivity contribution in [3.8, 4) is 0 Å². The van der Waals surface area contributed by atoms with E-state index in [1.807, 2.05) is 4.89 Å². The second kappa shape index (κ2) is 5.97. The molecule has 1 rings (SSSR count). The fourth-order valence-electron chi connectivity index (χ4n) is 0.927. The zero-order valence-corrected chi connectivity index (χ0v) is 10.5. The lowest BCUT2D eigenvalue weighted by Gasteiger charge is -2.06. The van der Waals surface area contributed by atoms with Crippen LogP contribution >= 0.6 is 11.6 Å². The highest BCUT2D eigenvalue weighted by molar-refractivity contribution is 7.89. The van der Waals surface area contributed by atoms with Gasteiger partial charge in [0.1, 0.15) is 6.61 Å². The van der Waals surface area contributed by atoms with E-state index in [9.17, 15) is 13.2 Å². The number of hydrogen-bond acceptors (Lipinski definition) is 4. The minimum absolute atomic E-state index is 0.0399. The zero-order chi connectivity index (χ0) is 12.9. The molecule has 8 heteroatoms. The molecule has 0 radical (unpaired) electrons. The third kappa shape index (κ3) is 4.31. The molecule has 0 spiro atoms. The van der Waals surface area contributed by atoms with Gasteiger partial charge in [-0.25, -0.2) is 8.42 Å². The first-order valence-corrected chi connectivity index (χ1v) is 6.41. The van der Waals surface area contributed by atoms with Gasteiger partial charge in [0.25, 0.3) is 10.0 Å². The molecule has 0 fully saturated rings. The summed E-state index contributed by atoms with van der Waals surface area (Å²) >= 11 is 5.66. The van der Waals surface area contributed by atoms with Crippen LogP contribution in [0.2, 0.25) is 5.02 Å². The smallest absolute Gasteiger partial charge is 0.262 e. The molecule has 1 aromatic carbocycles. The summed E-state index contributed by atoms with van der Waals surface area (Å²) in [5.41, 5.74) is 0. The highest BCUT2D eigenvalue weighted by Crippen LogP contribution is 2.14. The molecule has 0 aliphatic carbocycles. The fraction of sp³-hybridized carbons (Fsp3) is 0.222. The predicted octanol–water partition coefficient (Wildman–Crippen LogP) is 0.296. The molecule has 0 aromatic heterocycles. The minimum atomic E-state index is -3.82. The number of sulfonamides is 1. The molecular weight excluding hydrogens is 268 g/mol. The van der Waals surface area contributed by atoms with E-state index in [2.05, 4.69) is 10.2 Å². The van der Waals surface area contributed by atoms with Gasteiger partial charge in [-0.15, -0.1) is 0 Å². The number of likely N-dealkylation sites (N-methyl/N-ethyl adjacent to an activating group) is 1. The predicted molar refractivity (Wildman–Crippen MR) is 61.8 cm³/mol. The normalized spacial score (nSPS) is 11.2. The second-order valence-electron chi connectivity index (χ2n) is 3.01. The summed E-state index contributed by atoms with van der Waals surface area (Å²) in [6, 6.07) is 5.67. The van der Waals surface area contributed by atoms with Crippen LogP contribution in [0.4, 0.5) is 0 Å². The first-order valence-electron chi connectivity index (χ1n) is 4.55. The molecule has 0 aliphatic heterocycles. The number of nitrogens with one attached hydrogen (secondary N) is 2. The lowest BCUT2D eigenvalue weighted by atomic mass is 10.4. The van der Waals surface area contributed by atoms with Crippen LogP contribution in [0.1, 0.15) is 0 Å². The Morgan fingerprint density at radius 1 is 1.47 bits per heavy atom. The molecule has 0 saturated heterocycles. The molecule has 94 valence electrons. The standard InChI is InChI=1S/C9H11ClN2O4S/c1-11-9(13)6-16-12-17(14,15)8-4-2-3-7(10)5-8/h2-5,12H,6H2,1H3,(H,11,13). The van der Waals surface area contributed by atoms with Gasteiger partial charge in [0.2, 0.25) is 5.91 Å². The Morgan fingerprint density at radius 2 is 2.18 bits per heavy atom. The van der Waals surface area contributed by atoms with E-state index < -0.39 is 22.5 Å². The topological polar surface area (TPSA) is 84.5 Å². The number of benzene rings is 1. The number of amides is 1. The van der Waals surface area contributed by atoms with Crippen molar-refractivity contribution >= 4 is 27.5 Å². The van der Waals surface area contributed by atoms with Gasteiger partial charge in [0, 0.05) is 12.1 Å². The lowest BCUT2D eigenvalue weighted by molar-refractivity contribution is -0.126. The summed E-state index contributed by atoms with van der Waals surface area (Å²) in [5.74, 6) is -0.446. The molecule has 0 aliphatic rings. The molecule has 6 nitrogen and oxygen atoms in total. The van der Waals surface area contributed by atoms with E-state index in [1.165, 1.54) is 25.2 Å². The van der Waals surface area contributed by atoms with Crippen LogP contribution in [-0.4, -0.2) is 28.0 Å². The van der Waals surface area contributed by atoms with Crippen LogP contribution in [0.3, 0.4) is 0 Å². The maximum Gasteiger partial charge on any atom is 0.262 e. The van der Waals surface area contributed by atoms with Crippen LogP contribution in [0, 0.1) is 0 Å². The first kappa shape index (κ1) is 13.9. The third-order valence-corrected chi connectivity index (χ3v) is 3.20. The van der Waals surface area contributed by atoms with Crippen molar-refractivity contribution in [2.75, 3.05) is 13.7 Å². The quantitative estimate of drug-likeness (QED) is 0.759. The van der Waals surface area contributed by atoms with Crippen LogP contribution in [0.5, 0.6) is 0 Å². The van der Waals surface area contributed by atoms with Crippen molar-refractivity contribution in [3.05, 3.63) is 29.3 Å². The van der Waals surface area contributed by atoms with Crippen LogP contribution < -0.4 is 10.2 Å². The van der Waals surface area contributed by atoms with Crippen molar-refractivity contribution in [3.63, 3.8) is 0 Å². The number of rotatable bonds is 5. The van der Waals surface area contributed by atoms with Crippen LogP contribution in [-0.2, 0) is 19.7 Å². The molecule has 17 heavy (non-hydrogen) atoms. The summed E-state index contributed by atoms with van der Waals surface area (Å²) in [6.07, 6.45) is 0. The van der Waals surface area contributed by atoms with E-state index in [4.69, 9.17) is 11.6 Å². The van der Waals surface area contributed by atoms with Crippen LogP contribution in [0.25, 0.3) is 0 Å². The zero-order valence-electron chi connectivity index (χ0n) is 8.94. The van der Waals surface area contributed by atoms with Gasteiger partial charge in [0.15, 0.2) is 0 Å². The Kier molecular flexibility index (Phi) is 4.88. The molecule has 0 bridgehead atoms. The number of hydrogen-bond donors (Lipinski definition) is 2. The SMILES string of the molecule is CNC(=O)CONS(=O)(=O)c1cccc(Cl)c1. The minimum Gasteiger partial charge on any atom is -0.357 e. The average molecular weight is 279 g/mol. The molecule has 0 atom stereocenters. The highest BCUT2D eigenvalue weighted by Gasteiger charge is 2.14. The van der Waals surface area contributed by atoms with Gasteiger partial charge >= 0.3 is 0 Å². The third-order valence-electron chi connectivity index (χ3n) is 1.76. The number of carbonyl (C=O) groups excluding carboxylic acids is 1. The second-order valence-corrected chi connectivity index (χ2v) is 5.09. The molecule has 1 amide bonds. The van der Waals surface area contributed by atoms with Gasteiger partial charge in [-0.2, -0.15) is 0 Å². The van der Waals surface area contributed by atoms with E-state index >= 15 is 0 Å². The van der Waals surface area contributed by atoms with Gasteiger partial charge in [-0.3, -0.25) is 9.63 Å². The van der Waals surface area contributed by atoms with E-state index in [1.54, 1.807) is 6.07 Å². The molecule has 1 aromatic rings. The van der Waals surface area contributed by atoms with E-state index in [-0.39, 0.29) is 4.90 Å². The molecule has 0 saturated carbocycles. The van der Waals surface area contributed by atoms with Gasteiger partial charge < -0.3 is 5.32 Å². The summed E-state index contributed by atoms with van der Waals surface area (Å²) in [6.45, 7) is -0.406.